The van der Waals surface area contributed by atoms with Crippen molar-refractivity contribution in [2.24, 2.45) is 4.99 Å². The molecule has 2 unspecified atom stereocenters. The first-order chi connectivity index (χ1) is 13.4. The highest BCUT2D eigenvalue weighted by atomic mass is 16.5. The molecule has 1 aromatic rings. The highest BCUT2D eigenvalue weighted by Crippen LogP contribution is 2.15. The van der Waals surface area contributed by atoms with Crippen LogP contribution in [0.3, 0.4) is 0 Å². The highest BCUT2D eigenvalue weighted by molar-refractivity contribution is 5.79. The number of fused-ring (bicyclic) bond motifs is 3. The van der Waals surface area contributed by atoms with Crippen molar-refractivity contribution in [3.05, 3.63) is 24.2 Å². The molecule has 5 rings (SSSR count). The molecule has 0 amide bonds. The zero-order valence-electron chi connectivity index (χ0n) is 16.2. The molecule has 0 radical (unpaired) electrons. The van der Waals surface area contributed by atoms with Gasteiger partial charge in [-0.25, -0.2) is 0 Å². The molecule has 0 aromatic carbocycles. The van der Waals surface area contributed by atoms with Gasteiger partial charge in [0.05, 0.1) is 18.9 Å². The summed E-state index contributed by atoms with van der Waals surface area (Å²) in [5.74, 6) is 1.90. The summed E-state index contributed by atoms with van der Waals surface area (Å²) in [4.78, 5) is 10.1. The van der Waals surface area contributed by atoms with Crippen LogP contribution in [0.25, 0.3) is 0 Å². The van der Waals surface area contributed by atoms with Crippen molar-refractivity contribution in [2.45, 2.75) is 37.8 Å². The molecule has 4 aliphatic heterocycles. The van der Waals surface area contributed by atoms with E-state index in [0.29, 0.717) is 12.1 Å². The lowest BCUT2D eigenvalue weighted by atomic mass is 10.1. The van der Waals surface area contributed by atoms with Crippen LogP contribution in [0.1, 0.15) is 25.0 Å². The summed E-state index contributed by atoms with van der Waals surface area (Å²) in [5.41, 5.74) is 0. The Labute approximate surface area is 162 Å². The molecule has 0 aliphatic carbocycles. The van der Waals surface area contributed by atoms with E-state index >= 15 is 0 Å². The average Bonchev–Trinajstić information content (AvgIpc) is 3.25. The first-order valence-corrected chi connectivity index (χ1v) is 10.5. The lowest BCUT2D eigenvalue weighted by Crippen LogP contribution is -2.62. The number of rotatable bonds is 7. The number of piperazine rings is 3. The maximum absolute atomic E-state index is 5.85. The van der Waals surface area contributed by atoms with Gasteiger partial charge in [0.15, 0.2) is 5.96 Å². The van der Waals surface area contributed by atoms with Gasteiger partial charge in [-0.3, -0.25) is 14.8 Å². The molecule has 7 heteroatoms. The predicted octanol–water partition coefficient (Wildman–Crippen LogP) is 0.926. The van der Waals surface area contributed by atoms with Gasteiger partial charge < -0.3 is 19.8 Å². The molecular weight excluding hydrogens is 342 g/mol. The summed E-state index contributed by atoms with van der Waals surface area (Å²) in [6, 6.07) is 4.50. The van der Waals surface area contributed by atoms with E-state index in [4.69, 9.17) is 14.1 Å². The number of nitrogens with one attached hydrogen (secondary N) is 2. The van der Waals surface area contributed by atoms with Gasteiger partial charge in [-0.15, -0.1) is 0 Å². The molecule has 5 heterocycles. The number of hydrogen-bond donors (Lipinski definition) is 2. The minimum Gasteiger partial charge on any atom is -0.469 e. The van der Waals surface area contributed by atoms with Crippen LogP contribution in [0.15, 0.2) is 27.8 Å². The number of hydrogen-bond acceptors (Lipinski definition) is 5. The van der Waals surface area contributed by atoms with Gasteiger partial charge in [-0.1, -0.05) is 0 Å². The number of ether oxygens (including phenoxy) is 1. The quantitative estimate of drug-likeness (QED) is 0.546. The fourth-order valence-electron chi connectivity index (χ4n) is 4.21. The molecule has 0 spiro atoms. The lowest BCUT2D eigenvalue weighted by Gasteiger charge is -2.47. The molecule has 2 atom stereocenters. The van der Waals surface area contributed by atoms with E-state index in [1.165, 1.54) is 39.0 Å². The van der Waals surface area contributed by atoms with Gasteiger partial charge in [-0.05, 0) is 31.4 Å². The van der Waals surface area contributed by atoms with E-state index in [9.17, 15) is 0 Å². The second-order valence-electron chi connectivity index (χ2n) is 7.81. The minimum absolute atomic E-state index is 0.302. The molecule has 4 aliphatic rings. The highest BCUT2D eigenvalue weighted by Gasteiger charge is 2.31. The Kier molecular flexibility index (Phi) is 6.66. The average molecular weight is 376 g/mol. The molecule has 4 saturated heterocycles. The van der Waals surface area contributed by atoms with Crippen LogP contribution in [0.2, 0.25) is 0 Å². The van der Waals surface area contributed by atoms with Gasteiger partial charge >= 0.3 is 0 Å². The number of furan rings is 1. The summed E-state index contributed by atoms with van der Waals surface area (Å²) in [6.45, 7) is 9.32. The third kappa shape index (κ3) is 5.46. The Morgan fingerprint density at radius 2 is 2.11 bits per heavy atom. The Bertz CT molecular complexity index is 577. The number of nitrogens with zero attached hydrogens (tertiary/aromatic N) is 3. The van der Waals surface area contributed by atoms with Crippen molar-refractivity contribution >= 4 is 5.96 Å². The zero-order valence-corrected chi connectivity index (χ0v) is 16.2. The van der Waals surface area contributed by atoms with E-state index in [2.05, 4.69) is 20.4 Å². The van der Waals surface area contributed by atoms with Crippen LogP contribution in [0, 0.1) is 0 Å². The standard InChI is InChI=1S/C20H33N5O2/c1-2-12-27-19(4-1)15-23-20(21-7-6-18-5-3-13-26-18)22-14-17-16-24-8-10-25(17)11-9-24/h3,5,13,17,19H,1-2,4,6-12,14-16H2,(H2,21,22,23). The summed E-state index contributed by atoms with van der Waals surface area (Å²) in [6.07, 6.45) is 6.47. The smallest absolute Gasteiger partial charge is 0.191 e. The molecule has 0 saturated carbocycles. The van der Waals surface area contributed by atoms with Gasteiger partial charge in [0, 0.05) is 64.9 Å². The van der Waals surface area contributed by atoms with Crippen LogP contribution < -0.4 is 10.6 Å². The Morgan fingerprint density at radius 3 is 2.81 bits per heavy atom. The summed E-state index contributed by atoms with van der Waals surface area (Å²) < 4.78 is 11.3. The lowest BCUT2D eigenvalue weighted by molar-refractivity contribution is 0.0170. The predicted molar refractivity (Wildman–Crippen MR) is 106 cm³/mol. The minimum atomic E-state index is 0.302. The van der Waals surface area contributed by atoms with Crippen LogP contribution in [0.5, 0.6) is 0 Å². The first kappa shape index (κ1) is 18.8. The monoisotopic (exact) mass is 375 g/mol. The zero-order chi connectivity index (χ0) is 18.3. The van der Waals surface area contributed by atoms with Gasteiger partial charge in [0.2, 0.25) is 0 Å². The Hall–Kier alpha value is -1.57. The summed E-state index contributed by atoms with van der Waals surface area (Å²) in [7, 11) is 0. The fourth-order valence-corrected chi connectivity index (χ4v) is 4.21. The van der Waals surface area contributed by atoms with Crippen molar-refractivity contribution < 1.29 is 9.15 Å². The molecule has 7 nitrogen and oxygen atoms in total. The van der Waals surface area contributed by atoms with E-state index in [1.54, 1.807) is 6.26 Å². The van der Waals surface area contributed by atoms with Gasteiger partial charge in [0.1, 0.15) is 5.76 Å². The van der Waals surface area contributed by atoms with Crippen LogP contribution >= 0.6 is 0 Å². The van der Waals surface area contributed by atoms with Crippen LogP contribution in [-0.4, -0.2) is 86.9 Å². The molecule has 1 aromatic heterocycles. The largest absolute Gasteiger partial charge is 0.469 e. The first-order valence-electron chi connectivity index (χ1n) is 10.5. The van der Waals surface area contributed by atoms with Crippen molar-refractivity contribution in [2.75, 3.05) is 59.0 Å². The third-order valence-electron chi connectivity index (χ3n) is 5.87. The van der Waals surface area contributed by atoms with Crippen molar-refractivity contribution in [3.8, 4) is 0 Å². The second kappa shape index (κ2) is 9.57. The van der Waals surface area contributed by atoms with E-state index in [1.807, 2.05) is 12.1 Å². The molecule has 2 bridgehead atoms. The van der Waals surface area contributed by atoms with E-state index < -0.39 is 0 Å². The van der Waals surface area contributed by atoms with Gasteiger partial charge in [-0.2, -0.15) is 0 Å². The molecule has 4 fully saturated rings. The van der Waals surface area contributed by atoms with Gasteiger partial charge in [0.25, 0.3) is 0 Å². The Balaban J connectivity index is 1.29. The molecule has 150 valence electrons. The van der Waals surface area contributed by atoms with Crippen molar-refractivity contribution in [1.29, 1.82) is 0 Å². The SMILES string of the molecule is c1coc(CCNC(=NCC2CN3CCN2CC3)NCC2CCCCO2)c1. The molecule has 2 N–H and O–H groups in total. The Morgan fingerprint density at radius 1 is 1.19 bits per heavy atom. The number of guanidine groups is 1. The summed E-state index contributed by atoms with van der Waals surface area (Å²) >= 11 is 0. The normalized spacial score (nSPS) is 31.0. The number of aliphatic imine (C=N–C) groups is 1. The van der Waals surface area contributed by atoms with E-state index in [-0.39, 0.29) is 0 Å². The molecule has 27 heavy (non-hydrogen) atoms. The van der Waals surface area contributed by atoms with E-state index in [0.717, 1.165) is 57.3 Å². The topological polar surface area (TPSA) is 65.3 Å². The van der Waals surface area contributed by atoms with Crippen LogP contribution in [0.4, 0.5) is 0 Å². The summed E-state index contributed by atoms with van der Waals surface area (Å²) in [5, 5.41) is 6.98. The second-order valence-corrected chi connectivity index (χ2v) is 7.81. The van der Waals surface area contributed by atoms with Crippen LogP contribution in [-0.2, 0) is 11.2 Å². The van der Waals surface area contributed by atoms with Crippen molar-refractivity contribution in [1.82, 2.24) is 20.4 Å². The fraction of sp³-hybridized carbons (Fsp3) is 0.750. The third-order valence-corrected chi connectivity index (χ3v) is 5.87. The maximum atomic E-state index is 5.85. The van der Waals surface area contributed by atoms with Crippen molar-refractivity contribution in [3.63, 3.8) is 0 Å². The molecular formula is C20H33N5O2. The maximum Gasteiger partial charge on any atom is 0.191 e.